The van der Waals surface area contributed by atoms with Crippen molar-refractivity contribution in [3.05, 3.63) is 58.4 Å². The first-order chi connectivity index (χ1) is 12.6. The molecule has 0 bridgehead atoms. The molecule has 0 radical (unpaired) electrons. The van der Waals surface area contributed by atoms with E-state index in [1.165, 1.54) is 18.4 Å². The number of carbonyl (C=O) groups is 1. The second-order valence-corrected chi connectivity index (χ2v) is 6.90. The van der Waals surface area contributed by atoms with Gasteiger partial charge in [0.15, 0.2) is 0 Å². The Morgan fingerprint density at radius 1 is 1.19 bits per heavy atom. The van der Waals surface area contributed by atoms with Gasteiger partial charge < -0.3 is 10.6 Å². The first-order valence-corrected chi connectivity index (χ1v) is 9.32. The van der Waals surface area contributed by atoms with Gasteiger partial charge in [-0.3, -0.25) is 4.79 Å². The summed E-state index contributed by atoms with van der Waals surface area (Å²) in [5.41, 5.74) is 3.36. The zero-order valence-electron chi connectivity index (χ0n) is 14.9. The molecule has 6 heteroatoms. The van der Waals surface area contributed by atoms with E-state index in [9.17, 15) is 4.79 Å². The number of rotatable bonds is 6. The van der Waals surface area contributed by atoms with Crippen LogP contribution in [0, 0.1) is 6.92 Å². The van der Waals surface area contributed by atoms with Gasteiger partial charge in [0, 0.05) is 22.9 Å². The Kier molecular flexibility index (Phi) is 6.23. The Bertz CT molecular complexity index is 802. The van der Waals surface area contributed by atoms with Gasteiger partial charge in [0.05, 0.1) is 0 Å². The van der Waals surface area contributed by atoms with E-state index < -0.39 is 0 Å². The van der Waals surface area contributed by atoms with Crippen molar-refractivity contribution in [2.24, 2.45) is 0 Å². The molecule has 0 aliphatic heterocycles. The summed E-state index contributed by atoms with van der Waals surface area (Å²) in [6.45, 7) is 2.48. The minimum Gasteiger partial charge on any atom is -0.350 e. The molecule has 136 valence electrons. The summed E-state index contributed by atoms with van der Waals surface area (Å²) in [6, 6.07) is 8.94. The molecule has 2 aromatic rings. The lowest BCUT2D eigenvalue weighted by molar-refractivity contribution is 0.0949. The second-order valence-electron chi connectivity index (χ2n) is 6.46. The Balaban J connectivity index is 1.61. The van der Waals surface area contributed by atoms with Gasteiger partial charge in [-0.25, -0.2) is 9.97 Å². The molecule has 1 aromatic carbocycles. The van der Waals surface area contributed by atoms with Crippen molar-refractivity contribution in [2.45, 2.75) is 39.0 Å². The Morgan fingerprint density at radius 2 is 2.00 bits per heavy atom. The van der Waals surface area contributed by atoms with Crippen molar-refractivity contribution in [1.29, 1.82) is 0 Å². The molecule has 26 heavy (non-hydrogen) atoms. The number of hydrogen-bond donors (Lipinski definition) is 2. The van der Waals surface area contributed by atoms with Gasteiger partial charge >= 0.3 is 0 Å². The van der Waals surface area contributed by atoms with Gasteiger partial charge in [-0.05, 0) is 69.4 Å². The van der Waals surface area contributed by atoms with Crippen molar-refractivity contribution in [3.63, 3.8) is 0 Å². The third-order valence-electron chi connectivity index (χ3n) is 4.30. The van der Waals surface area contributed by atoms with Gasteiger partial charge in [-0.2, -0.15) is 0 Å². The summed E-state index contributed by atoms with van der Waals surface area (Å²) in [6.07, 6.45) is 8.06. The number of carbonyl (C=O) groups excluding carboxylic acids is 1. The highest BCUT2D eigenvalue weighted by Crippen LogP contribution is 2.20. The molecule has 0 spiro atoms. The third-order valence-corrected chi connectivity index (χ3v) is 4.56. The molecular formula is C20H23ClN4O. The van der Waals surface area contributed by atoms with E-state index in [-0.39, 0.29) is 5.91 Å². The summed E-state index contributed by atoms with van der Waals surface area (Å²) in [5.74, 6) is 0.221. The predicted octanol–water partition coefficient (Wildman–Crippen LogP) is 4.80. The topological polar surface area (TPSA) is 66.9 Å². The van der Waals surface area contributed by atoms with E-state index in [1.807, 2.05) is 19.1 Å². The van der Waals surface area contributed by atoms with Crippen LogP contribution in [-0.2, 0) is 0 Å². The van der Waals surface area contributed by atoms with Crippen molar-refractivity contribution >= 4 is 29.1 Å². The molecule has 0 saturated carbocycles. The van der Waals surface area contributed by atoms with Crippen LogP contribution < -0.4 is 10.6 Å². The standard InChI is InChI=1S/C20H23ClN4O/c1-14-13-18(19(26)22-12-11-15-5-3-2-4-6-15)25-20(23-14)24-17-9-7-16(21)8-10-17/h5,7-10,13H,2-4,6,11-12H2,1H3,(H,22,26)(H,23,24,25). The summed E-state index contributed by atoms with van der Waals surface area (Å²) < 4.78 is 0. The van der Waals surface area contributed by atoms with Crippen LogP contribution in [-0.4, -0.2) is 22.4 Å². The smallest absolute Gasteiger partial charge is 0.270 e. The molecule has 1 aromatic heterocycles. The number of aromatic nitrogens is 2. The van der Waals surface area contributed by atoms with E-state index in [0.29, 0.717) is 23.2 Å². The first kappa shape index (κ1) is 18.4. The lowest BCUT2D eigenvalue weighted by Gasteiger charge is -2.13. The summed E-state index contributed by atoms with van der Waals surface area (Å²) >= 11 is 5.90. The van der Waals surface area contributed by atoms with Crippen LogP contribution in [0.4, 0.5) is 11.6 Å². The van der Waals surface area contributed by atoms with Gasteiger partial charge in [-0.1, -0.05) is 23.3 Å². The molecule has 2 N–H and O–H groups in total. The largest absolute Gasteiger partial charge is 0.350 e. The van der Waals surface area contributed by atoms with Gasteiger partial charge in [0.2, 0.25) is 5.95 Å². The minimum atomic E-state index is -0.175. The highest BCUT2D eigenvalue weighted by Gasteiger charge is 2.11. The van der Waals surface area contributed by atoms with Crippen molar-refractivity contribution in [2.75, 3.05) is 11.9 Å². The zero-order chi connectivity index (χ0) is 18.4. The molecule has 3 rings (SSSR count). The molecular weight excluding hydrogens is 348 g/mol. The lowest BCUT2D eigenvalue weighted by Crippen LogP contribution is -2.26. The zero-order valence-corrected chi connectivity index (χ0v) is 15.6. The quantitative estimate of drug-likeness (QED) is 0.716. The predicted molar refractivity (Wildman–Crippen MR) is 105 cm³/mol. The number of benzene rings is 1. The molecule has 0 saturated heterocycles. The average molecular weight is 371 g/mol. The Hall–Kier alpha value is -2.40. The second kappa shape index (κ2) is 8.81. The van der Waals surface area contributed by atoms with E-state index in [4.69, 9.17) is 11.6 Å². The maximum atomic E-state index is 12.4. The van der Waals surface area contributed by atoms with Crippen molar-refractivity contribution < 1.29 is 4.79 Å². The van der Waals surface area contributed by atoms with Gasteiger partial charge in [-0.15, -0.1) is 0 Å². The van der Waals surface area contributed by atoms with Crippen LogP contribution in [0.25, 0.3) is 0 Å². The van der Waals surface area contributed by atoms with Crippen LogP contribution in [0.5, 0.6) is 0 Å². The number of aryl methyl sites for hydroxylation is 1. The Morgan fingerprint density at radius 3 is 2.73 bits per heavy atom. The van der Waals surface area contributed by atoms with Crippen LogP contribution >= 0.6 is 11.6 Å². The molecule has 0 atom stereocenters. The van der Waals surface area contributed by atoms with E-state index in [1.54, 1.807) is 18.2 Å². The van der Waals surface area contributed by atoms with E-state index in [2.05, 4.69) is 26.7 Å². The number of nitrogens with zero attached hydrogens (tertiary/aromatic N) is 2. The van der Waals surface area contributed by atoms with Crippen LogP contribution in [0.3, 0.4) is 0 Å². The normalized spacial score (nSPS) is 13.8. The van der Waals surface area contributed by atoms with E-state index in [0.717, 1.165) is 30.6 Å². The summed E-state index contributed by atoms with van der Waals surface area (Å²) in [7, 11) is 0. The third kappa shape index (κ3) is 5.30. The van der Waals surface area contributed by atoms with Crippen LogP contribution in [0.2, 0.25) is 5.02 Å². The molecule has 1 amide bonds. The van der Waals surface area contributed by atoms with Gasteiger partial charge in [0.1, 0.15) is 5.69 Å². The van der Waals surface area contributed by atoms with Crippen molar-refractivity contribution in [1.82, 2.24) is 15.3 Å². The molecule has 0 fully saturated rings. The number of hydrogen-bond acceptors (Lipinski definition) is 4. The number of halogens is 1. The number of anilines is 2. The monoisotopic (exact) mass is 370 g/mol. The van der Waals surface area contributed by atoms with Crippen molar-refractivity contribution in [3.8, 4) is 0 Å². The molecule has 1 heterocycles. The summed E-state index contributed by atoms with van der Waals surface area (Å²) in [4.78, 5) is 21.1. The number of nitrogens with one attached hydrogen (secondary N) is 2. The average Bonchev–Trinajstić information content (AvgIpc) is 2.64. The fourth-order valence-electron chi connectivity index (χ4n) is 2.96. The lowest BCUT2D eigenvalue weighted by atomic mass is 9.97. The SMILES string of the molecule is Cc1cc(C(=O)NCCC2=CCCCC2)nc(Nc2ccc(Cl)cc2)n1. The maximum absolute atomic E-state index is 12.4. The fourth-order valence-corrected chi connectivity index (χ4v) is 3.09. The maximum Gasteiger partial charge on any atom is 0.270 e. The molecule has 1 aliphatic rings. The van der Waals surface area contributed by atoms with Crippen LogP contribution in [0.15, 0.2) is 42.0 Å². The summed E-state index contributed by atoms with van der Waals surface area (Å²) in [5, 5.41) is 6.72. The van der Waals surface area contributed by atoms with Crippen LogP contribution in [0.1, 0.15) is 48.3 Å². The van der Waals surface area contributed by atoms with Gasteiger partial charge in [0.25, 0.3) is 5.91 Å². The fraction of sp³-hybridized carbons (Fsp3) is 0.350. The van der Waals surface area contributed by atoms with E-state index >= 15 is 0 Å². The highest BCUT2D eigenvalue weighted by atomic mass is 35.5. The number of allylic oxidation sites excluding steroid dienone is 1. The first-order valence-electron chi connectivity index (χ1n) is 8.94. The highest BCUT2D eigenvalue weighted by molar-refractivity contribution is 6.30. The molecule has 5 nitrogen and oxygen atoms in total. The molecule has 0 unspecified atom stereocenters. The minimum absolute atomic E-state index is 0.175. The Labute approximate surface area is 158 Å². The number of amides is 1. The molecule has 1 aliphatic carbocycles.